The average Bonchev–Trinajstić information content (AvgIpc) is 2.74. The summed E-state index contributed by atoms with van der Waals surface area (Å²) < 4.78 is 29.5. The fraction of sp³-hybridized carbons (Fsp3) is 0.292. The molecular weight excluding hydrogens is 396 g/mol. The zero-order valence-electron chi connectivity index (χ0n) is 17.0. The molecule has 2 atom stereocenters. The molecule has 0 unspecified atom stereocenters. The van der Waals surface area contributed by atoms with Crippen LogP contribution >= 0.6 is 0 Å². The lowest BCUT2D eigenvalue weighted by molar-refractivity contribution is -0.504. The lowest BCUT2D eigenvalue weighted by atomic mass is 9.91. The van der Waals surface area contributed by atoms with Crippen LogP contribution in [0, 0.1) is 12.1 Å². The molecule has 0 bridgehead atoms. The van der Waals surface area contributed by atoms with E-state index < -0.39 is 22.1 Å². The lowest BCUT2D eigenvalue weighted by Crippen LogP contribution is -2.49. The molecule has 0 spiro atoms. The number of hydrogen-bond donors (Lipinski definition) is 1. The van der Waals surface area contributed by atoms with Gasteiger partial charge in [0.05, 0.1) is 10.9 Å². The summed E-state index contributed by atoms with van der Waals surface area (Å²) in [6, 6.07) is 19.7. The van der Waals surface area contributed by atoms with Crippen LogP contribution in [0.3, 0.4) is 0 Å². The normalized spacial score (nSPS) is 20.4. The van der Waals surface area contributed by atoms with Crippen molar-refractivity contribution in [1.29, 1.82) is 0 Å². The molecule has 1 aliphatic carbocycles. The van der Waals surface area contributed by atoms with Gasteiger partial charge in [0.1, 0.15) is 0 Å². The molecule has 0 heterocycles. The Morgan fingerprint density at radius 1 is 0.967 bits per heavy atom. The Labute approximate surface area is 177 Å². The van der Waals surface area contributed by atoms with Gasteiger partial charge in [-0.05, 0) is 48.7 Å². The van der Waals surface area contributed by atoms with Gasteiger partial charge in [0.15, 0.2) is 12.3 Å². The van der Waals surface area contributed by atoms with Crippen molar-refractivity contribution in [2.24, 2.45) is 0 Å². The molecule has 0 aromatic heterocycles. The highest BCUT2D eigenvalue weighted by Gasteiger charge is 2.34. The number of hydroxylamine groups is 1. The first-order chi connectivity index (χ1) is 14.4. The second kappa shape index (κ2) is 8.58. The Morgan fingerprint density at radius 2 is 1.67 bits per heavy atom. The van der Waals surface area contributed by atoms with Crippen molar-refractivity contribution in [2.45, 2.75) is 49.6 Å². The molecule has 1 saturated carbocycles. The highest BCUT2D eigenvalue weighted by Crippen LogP contribution is 2.24. The minimum atomic E-state index is -3.68. The minimum Gasteiger partial charge on any atom is -0.624 e. The van der Waals surface area contributed by atoms with Crippen molar-refractivity contribution >= 4 is 27.0 Å². The number of benzene rings is 3. The smallest absolute Gasteiger partial charge is 0.241 e. The molecule has 5 nitrogen and oxygen atoms in total. The monoisotopic (exact) mass is 422 g/mol. The predicted octanol–water partition coefficient (Wildman–Crippen LogP) is 4.37. The third-order valence-electron chi connectivity index (χ3n) is 5.78. The largest absolute Gasteiger partial charge is 0.624 e. The van der Waals surface area contributed by atoms with E-state index in [9.17, 15) is 13.6 Å². The maximum absolute atomic E-state index is 13.1. The Balaban J connectivity index is 1.61. The van der Waals surface area contributed by atoms with Crippen LogP contribution in [-0.2, 0) is 10.0 Å². The molecule has 0 amide bonds. The topological polar surface area (TPSA) is 72.2 Å². The molecule has 3 aromatic rings. The maximum Gasteiger partial charge on any atom is 0.241 e. The molecule has 0 radical (unpaired) electrons. The second-order valence-electron chi connectivity index (χ2n) is 7.95. The van der Waals surface area contributed by atoms with Crippen LogP contribution in [-0.4, -0.2) is 31.5 Å². The molecule has 6 heteroatoms. The predicted molar refractivity (Wildman–Crippen MR) is 120 cm³/mol. The fourth-order valence-corrected chi connectivity index (χ4v) is 5.44. The summed E-state index contributed by atoms with van der Waals surface area (Å²) in [5, 5.41) is 15.2. The summed E-state index contributed by atoms with van der Waals surface area (Å²) in [5.74, 6) is 0. The number of rotatable bonds is 5. The van der Waals surface area contributed by atoms with Gasteiger partial charge < -0.3 is 5.21 Å². The van der Waals surface area contributed by atoms with Crippen LogP contribution in [0.1, 0.15) is 36.8 Å². The molecule has 4 rings (SSSR count). The third-order valence-corrected chi connectivity index (χ3v) is 7.29. The van der Waals surface area contributed by atoms with Crippen LogP contribution in [0.15, 0.2) is 71.6 Å². The van der Waals surface area contributed by atoms with E-state index in [0.717, 1.165) is 39.5 Å². The standard InChI is InChI=1S/C24H26N2O3S/c1-18-13-15-21(16-14-18)30(28,29)25-23-11-4-5-12-24(23)26(27)17-20-9-6-8-19-7-2-3-10-22(19)20/h2-3,6-10,13-17,23-25H,4-5,11-12H2,1H3/b26-17-/t23-,24-/m1/s1. The first-order valence-electron chi connectivity index (χ1n) is 10.3. The lowest BCUT2D eigenvalue weighted by Gasteiger charge is -2.30. The second-order valence-corrected chi connectivity index (χ2v) is 9.66. The third kappa shape index (κ3) is 4.40. The van der Waals surface area contributed by atoms with Crippen LogP contribution < -0.4 is 4.72 Å². The number of nitrogens with one attached hydrogen (secondary N) is 1. The molecule has 1 fully saturated rings. The van der Waals surface area contributed by atoms with Gasteiger partial charge in [-0.1, -0.05) is 60.5 Å². The average molecular weight is 423 g/mol. The van der Waals surface area contributed by atoms with Crippen molar-refractivity contribution in [3.63, 3.8) is 0 Å². The summed E-state index contributed by atoms with van der Waals surface area (Å²) in [4.78, 5) is 0.230. The van der Waals surface area contributed by atoms with E-state index in [1.807, 2.05) is 49.4 Å². The Hall–Kier alpha value is -2.70. The molecule has 0 aliphatic heterocycles. The van der Waals surface area contributed by atoms with Crippen LogP contribution in [0.4, 0.5) is 0 Å². The Morgan fingerprint density at radius 3 is 2.47 bits per heavy atom. The van der Waals surface area contributed by atoms with Crippen molar-refractivity contribution in [1.82, 2.24) is 4.72 Å². The number of aryl methyl sites for hydroxylation is 1. The summed E-state index contributed by atoms with van der Waals surface area (Å²) in [5.41, 5.74) is 1.84. The van der Waals surface area contributed by atoms with Gasteiger partial charge in [-0.15, -0.1) is 0 Å². The maximum atomic E-state index is 13.1. The first kappa shape index (κ1) is 20.6. The van der Waals surface area contributed by atoms with Crippen molar-refractivity contribution in [3.8, 4) is 0 Å². The van der Waals surface area contributed by atoms with E-state index in [1.54, 1.807) is 30.5 Å². The molecule has 0 saturated heterocycles. The Kier molecular flexibility index (Phi) is 5.88. The van der Waals surface area contributed by atoms with E-state index in [-0.39, 0.29) is 4.90 Å². The summed E-state index contributed by atoms with van der Waals surface area (Å²) in [6.45, 7) is 1.92. The highest BCUT2D eigenvalue weighted by atomic mass is 32.2. The van der Waals surface area contributed by atoms with Crippen LogP contribution in [0.5, 0.6) is 0 Å². The first-order valence-corrected chi connectivity index (χ1v) is 11.8. The van der Waals surface area contributed by atoms with Crippen molar-refractivity contribution in [2.75, 3.05) is 0 Å². The molecule has 30 heavy (non-hydrogen) atoms. The SMILES string of the molecule is Cc1ccc(S(=O)(=O)N[C@@H]2CCCC[C@H]2/[N+]([O-])=C/c2cccc3ccccc23)cc1. The van der Waals surface area contributed by atoms with Crippen molar-refractivity contribution < 1.29 is 13.2 Å². The molecule has 156 valence electrons. The number of nitrogens with zero attached hydrogens (tertiary/aromatic N) is 1. The van der Waals surface area contributed by atoms with E-state index in [2.05, 4.69) is 4.72 Å². The van der Waals surface area contributed by atoms with E-state index in [0.29, 0.717) is 12.8 Å². The van der Waals surface area contributed by atoms with Crippen LogP contribution in [0.25, 0.3) is 10.8 Å². The van der Waals surface area contributed by atoms with Gasteiger partial charge in [-0.3, -0.25) is 0 Å². The minimum absolute atomic E-state index is 0.230. The summed E-state index contributed by atoms with van der Waals surface area (Å²) in [6.07, 6.45) is 4.73. The van der Waals surface area contributed by atoms with Gasteiger partial charge >= 0.3 is 0 Å². The quantitative estimate of drug-likeness (QED) is 0.287. The van der Waals surface area contributed by atoms with Crippen LogP contribution in [0.2, 0.25) is 0 Å². The molecular formula is C24H26N2O3S. The van der Waals surface area contributed by atoms with Gasteiger partial charge in [0, 0.05) is 12.0 Å². The molecule has 3 aromatic carbocycles. The van der Waals surface area contributed by atoms with Crippen molar-refractivity contribution in [3.05, 3.63) is 83.1 Å². The van der Waals surface area contributed by atoms with Gasteiger partial charge in [-0.2, -0.15) is 0 Å². The van der Waals surface area contributed by atoms with Gasteiger partial charge in [-0.25, -0.2) is 17.9 Å². The Bertz CT molecular complexity index is 1170. The molecule has 1 N–H and O–H groups in total. The summed E-state index contributed by atoms with van der Waals surface area (Å²) in [7, 11) is -3.68. The number of fused-ring (bicyclic) bond motifs is 1. The van der Waals surface area contributed by atoms with E-state index in [4.69, 9.17) is 0 Å². The highest BCUT2D eigenvalue weighted by molar-refractivity contribution is 7.89. The zero-order valence-corrected chi connectivity index (χ0v) is 17.8. The molecule has 1 aliphatic rings. The zero-order chi connectivity index (χ0) is 21.1. The number of hydrogen-bond acceptors (Lipinski definition) is 3. The van der Waals surface area contributed by atoms with Gasteiger partial charge in [0.25, 0.3) is 0 Å². The fourth-order valence-electron chi connectivity index (χ4n) is 4.13. The van der Waals surface area contributed by atoms with Gasteiger partial charge in [0.2, 0.25) is 10.0 Å². The summed E-state index contributed by atoms with van der Waals surface area (Å²) >= 11 is 0. The van der Waals surface area contributed by atoms with E-state index >= 15 is 0 Å². The number of sulfonamides is 1. The van der Waals surface area contributed by atoms with E-state index in [1.165, 1.54) is 0 Å².